The molecule has 130 valence electrons. The Hall–Kier alpha value is -1.10. The monoisotopic (exact) mass is 329 g/mol. The van der Waals surface area contributed by atoms with Gasteiger partial charge >= 0.3 is 0 Å². The summed E-state index contributed by atoms with van der Waals surface area (Å²) in [5.74, 6) is 0.723. The molecule has 2 heterocycles. The zero-order valence-corrected chi connectivity index (χ0v) is 14.6. The summed E-state index contributed by atoms with van der Waals surface area (Å²) in [5, 5.41) is 10.1. The highest BCUT2D eigenvalue weighted by atomic mass is 16.7. The Morgan fingerprint density at radius 2 is 2.12 bits per heavy atom. The molecular weight excluding hydrogens is 302 g/mol. The lowest BCUT2D eigenvalue weighted by Gasteiger charge is -2.60. The van der Waals surface area contributed by atoms with Gasteiger partial charge in [-0.3, -0.25) is 4.90 Å². The maximum Gasteiger partial charge on any atom is 0.163 e. The highest BCUT2D eigenvalue weighted by molar-refractivity contribution is 5.46. The second-order valence-electron chi connectivity index (χ2n) is 8.68. The minimum atomic E-state index is -0.524. The molecule has 1 N–H and O–H groups in total. The van der Waals surface area contributed by atoms with Gasteiger partial charge in [0.05, 0.1) is 12.7 Å². The van der Waals surface area contributed by atoms with Crippen LogP contribution in [0.1, 0.15) is 44.2 Å². The summed E-state index contributed by atoms with van der Waals surface area (Å²) in [7, 11) is 0. The molecular formula is C20H27NO3. The first-order valence-corrected chi connectivity index (χ1v) is 9.35. The molecule has 1 saturated carbocycles. The summed E-state index contributed by atoms with van der Waals surface area (Å²) in [4.78, 5) is 2.68. The van der Waals surface area contributed by atoms with E-state index in [2.05, 4.69) is 11.0 Å². The zero-order valence-electron chi connectivity index (χ0n) is 14.6. The number of fused-ring (bicyclic) bond motifs is 1. The van der Waals surface area contributed by atoms with Crippen molar-refractivity contribution in [2.45, 2.75) is 62.9 Å². The van der Waals surface area contributed by atoms with Crippen LogP contribution in [0, 0.1) is 5.92 Å². The van der Waals surface area contributed by atoms with Crippen molar-refractivity contribution in [2.24, 2.45) is 5.92 Å². The third-order valence-electron chi connectivity index (χ3n) is 6.54. The predicted molar refractivity (Wildman–Crippen MR) is 91.1 cm³/mol. The molecule has 2 saturated heterocycles. The van der Waals surface area contributed by atoms with Crippen LogP contribution >= 0.6 is 0 Å². The summed E-state index contributed by atoms with van der Waals surface area (Å²) in [6, 6.07) is 6.32. The molecule has 2 aliphatic carbocycles. The molecule has 2 bridgehead atoms. The number of phenols is 1. The summed E-state index contributed by atoms with van der Waals surface area (Å²) in [5.41, 5.74) is 2.51. The van der Waals surface area contributed by atoms with E-state index in [4.69, 9.17) is 9.47 Å². The van der Waals surface area contributed by atoms with Gasteiger partial charge in [-0.05, 0) is 75.3 Å². The highest BCUT2D eigenvalue weighted by Gasteiger charge is 2.58. The highest BCUT2D eigenvalue weighted by Crippen LogP contribution is 2.52. The second-order valence-corrected chi connectivity index (χ2v) is 8.68. The first-order valence-electron chi connectivity index (χ1n) is 9.35. The van der Waals surface area contributed by atoms with Crippen molar-refractivity contribution in [2.75, 3.05) is 19.7 Å². The van der Waals surface area contributed by atoms with Crippen molar-refractivity contribution in [3.8, 4) is 5.75 Å². The topological polar surface area (TPSA) is 41.9 Å². The van der Waals surface area contributed by atoms with Crippen molar-refractivity contribution < 1.29 is 14.6 Å². The average molecular weight is 329 g/mol. The van der Waals surface area contributed by atoms with Crippen LogP contribution in [0.5, 0.6) is 5.75 Å². The third kappa shape index (κ3) is 2.23. The van der Waals surface area contributed by atoms with Crippen molar-refractivity contribution >= 4 is 0 Å². The maximum absolute atomic E-state index is 10.1. The summed E-state index contributed by atoms with van der Waals surface area (Å²) in [6.07, 6.45) is 5.00. The van der Waals surface area contributed by atoms with Gasteiger partial charge in [0.15, 0.2) is 5.79 Å². The fourth-order valence-electron chi connectivity index (χ4n) is 5.09. The molecule has 3 atom stereocenters. The van der Waals surface area contributed by atoms with E-state index in [1.54, 1.807) is 0 Å². The molecule has 2 aliphatic heterocycles. The van der Waals surface area contributed by atoms with E-state index < -0.39 is 5.79 Å². The van der Waals surface area contributed by atoms with E-state index in [0.29, 0.717) is 18.4 Å². The molecule has 4 aliphatic rings. The molecule has 24 heavy (non-hydrogen) atoms. The molecule has 0 radical (unpaired) electrons. The van der Waals surface area contributed by atoms with E-state index in [-0.39, 0.29) is 11.5 Å². The Kier molecular flexibility index (Phi) is 3.14. The molecule has 1 aromatic rings. The van der Waals surface area contributed by atoms with Gasteiger partial charge in [-0.2, -0.15) is 0 Å². The SMILES string of the molecule is CC1(C)OC[C@]23CCN(CC4CC4)[C@H](Cc4ccc(O)cc42)[C@@H]3O1. The van der Waals surface area contributed by atoms with Crippen LogP contribution < -0.4 is 0 Å². The molecule has 0 spiro atoms. The number of hydrogen-bond donors (Lipinski definition) is 1. The number of piperidine rings is 1. The van der Waals surface area contributed by atoms with E-state index in [0.717, 1.165) is 25.3 Å². The molecule has 0 aromatic heterocycles. The molecule has 4 heteroatoms. The number of nitrogens with zero attached hydrogens (tertiary/aromatic N) is 1. The number of rotatable bonds is 2. The molecule has 1 aromatic carbocycles. The Labute approximate surface area is 143 Å². The van der Waals surface area contributed by atoms with Gasteiger partial charge in [0.1, 0.15) is 5.75 Å². The quantitative estimate of drug-likeness (QED) is 0.906. The van der Waals surface area contributed by atoms with Gasteiger partial charge < -0.3 is 14.6 Å². The van der Waals surface area contributed by atoms with Crippen LogP contribution in [0.4, 0.5) is 0 Å². The smallest absolute Gasteiger partial charge is 0.163 e. The fourth-order valence-corrected chi connectivity index (χ4v) is 5.09. The van der Waals surface area contributed by atoms with Gasteiger partial charge in [0.2, 0.25) is 0 Å². The number of aromatic hydroxyl groups is 1. The molecule has 0 unspecified atom stereocenters. The lowest BCUT2D eigenvalue weighted by atomic mass is 9.61. The molecule has 5 rings (SSSR count). The normalized spacial score (nSPS) is 37.6. The van der Waals surface area contributed by atoms with Gasteiger partial charge in [0.25, 0.3) is 0 Å². The molecule has 4 nitrogen and oxygen atoms in total. The first kappa shape index (κ1) is 15.2. The van der Waals surface area contributed by atoms with Crippen LogP contribution in [0.15, 0.2) is 18.2 Å². The first-order chi connectivity index (χ1) is 11.5. The minimum absolute atomic E-state index is 0.105. The number of likely N-dealkylation sites (tertiary alicyclic amines) is 1. The van der Waals surface area contributed by atoms with E-state index in [1.165, 1.54) is 30.5 Å². The lowest BCUT2D eigenvalue weighted by Crippen LogP contribution is -2.70. The second kappa shape index (κ2) is 4.96. The third-order valence-corrected chi connectivity index (χ3v) is 6.54. The van der Waals surface area contributed by atoms with E-state index in [9.17, 15) is 5.11 Å². The van der Waals surface area contributed by atoms with Crippen molar-refractivity contribution in [3.63, 3.8) is 0 Å². The standard InChI is InChI=1S/C20H27NO3/c1-19(2)23-12-20-7-8-21(11-13-3-4-13)17(18(20)24-19)9-14-5-6-15(22)10-16(14)20/h5-6,10,13,17-18,22H,3-4,7-9,11-12H2,1-2H3/t17-,18+,20-/m1/s1. The van der Waals surface area contributed by atoms with Crippen LogP contribution in [-0.2, 0) is 21.3 Å². The Morgan fingerprint density at radius 3 is 2.92 bits per heavy atom. The van der Waals surface area contributed by atoms with E-state index in [1.807, 2.05) is 26.0 Å². The van der Waals surface area contributed by atoms with Crippen LogP contribution in [0.2, 0.25) is 0 Å². The predicted octanol–water partition coefficient (Wildman–Crippen LogP) is 2.82. The summed E-state index contributed by atoms with van der Waals surface area (Å²) in [6.45, 7) is 7.07. The van der Waals surface area contributed by atoms with Crippen LogP contribution in [0.25, 0.3) is 0 Å². The number of benzene rings is 1. The van der Waals surface area contributed by atoms with Crippen molar-refractivity contribution in [1.29, 1.82) is 0 Å². The molecule has 3 fully saturated rings. The number of hydrogen-bond acceptors (Lipinski definition) is 4. The maximum atomic E-state index is 10.1. The average Bonchev–Trinajstić information content (AvgIpc) is 3.34. The van der Waals surface area contributed by atoms with Crippen molar-refractivity contribution in [3.05, 3.63) is 29.3 Å². The van der Waals surface area contributed by atoms with E-state index >= 15 is 0 Å². The van der Waals surface area contributed by atoms with Crippen LogP contribution in [-0.4, -0.2) is 47.6 Å². The largest absolute Gasteiger partial charge is 0.508 e. The fraction of sp³-hybridized carbons (Fsp3) is 0.700. The van der Waals surface area contributed by atoms with Gasteiger partial charge in [-0.25, -0.2) is 0 Å². The summed E-state index contributed by atoms with van der Waals surface area (Å²) >= 11 is 0. The minimum Gasteiger partial charge on any atom is -0.508 e. The summed E-state index contributed by atoms with van der Waals surface area (Å²) < 4.78 is 12.6. The van der Waals surface area contributed by atoms with Gasteiger partial charge in [-0.15, -0.1) is 0 Å². The lowest BCUT2D eigenvalue weighted by molar-refractivity contribution is -0.322. The molecule has 0 amide bonds. The number of ether oxygens (including phenoxy) is 2. The Balaban J connectivity index is 1.59. The Bertz CT molecular complexity index is 669. The van der Waals surface area contributed by atoms with Gasteiger partial charge in [0, 0.05) is 18.0 Å². The number of phenolic OH excluding ortho intramolecular Hbond substituents is 1. The van der Waals surface area contributed by atoms with Crippen molar-refractivity contribution in [1.82, 2.24) is 4.90 Å². The zero-order chi connectivity index (χ0) is 16.5. The Morgan fingerprint density at radius 1 is 1.29 bits per heavy atom. The van der Waals surface area contributed by atoms with Gasteiger partial charge in [-0.1, -0.05) is 6.07 Å². The van der Waals surface area contributed by atoms with Crippen LogP contribution in [0.3, 0.4) is 0 Å².